The first-order valence-electron chi connectivity index (χ1n) is 17.7. The summed E-state index contributed by atoms with van der Waals surface area (Å²) < 4.78 is 10.7. The number of esters is 1. The summed E-state index contributed by atoms with van der Waals surface area (Å²) in [7, 11) is 0.173. The van der Waals surface area contributed by atoms with Crippen LogP contribution in [0.1, 0.15) is 161 Å². The largest absolute Gasteiger partial charge is 0.606 e. The van der Waals surface area contributed by atoms with Gasteiger partial charge in [-0.25, -0.2) is 0 Å². The Labute approximate surface area is 253 Å². The van der Waals surface area contributed by atoms with Crippen molar-refractivity contribution in [1.82, 2.24) is 0 Å². The van der Waals surface area contributed by atoms with Gasteiger partial charge in [0.2, 0.25) is 0 Å². The Morgan fingerprint density at radius 3 is 1.63 bits per heavy atom. The van der Waals surface area contributed by atoms with Gasteiger partial charge in [-0.3, -0.25) is 4.79 Å². The minimum absolute atomic E-state index is 0.0753. The summed E-state index contributed by atoms with van der Waals surface area (Å²) in [4.78, 5) is 11.2. The zero-order chi connectivity index (χ0) is 29.2. The Balaban J connectivity index is 1.49. The van der Waals surface area contributed by atoms with Crippen molar-refractivity contribution in [2.24, 2.45) is 0 Å². The molecule has 0 aromatic rings. The van der Waals surface area contributed by atoms with Gasteiger partial charge >= 0.3 is 5.97 Å². The summed E-state index contributed by atoms with van der Waals surface area (Å²) in [5.74, 6) is -0.174. The van der Waals surface area contributed by atoms with Crippen molar-refractivity contribution in [2.75, 3.05) is 13.3 Å². The summed E-state index contributed by atoms with van der Waals surface area (Å²) in [5.41, 5.74) is 2.69. The second kappa shape index (κ2) is 20.0. The standard InChI is InChI=1S/C36H63O4P/c1-3-31(21-13-8-6-4-5-7-9-20-28-35(37)39-2)40-36(38)29-30-41(32-22-14-10-15-23-32,33-24-16-11-17-25-33)34-26-18-12-19-27-34/h3,29,31-34H,1,4-28,30H2,2H3/b36-29+. The first-order valence-corrected chi connectivity index (χ1v) is 19.9. The van der Waals surface area contributed by atoms with E-state index in [-0.39, 0.29) is 18.0 Å². The molecule has 0 N–H and O–H groups in total. The van der Waals surface area contributed by atoms with Gasteiger partial charge < -0.3 is 14.6 Å². The lowest BCUT2D eigenvalue weighted by Crippen LogP contribution is -2.37. The van der Waals surface area contributed by atoms with Gasteiger partial charge in [-0.2, -0.15) is 0 Å². The van der Waals surface area contributed by atoms with Crippen molar-refractivity contribution in [2.45, 2.75) is 184 Å². The van der Waals surface area contributed by atoms with E-state index in [9.17, 15) is 9.90 Å². The molecule has 1 unspecified atom stereocenters. The van der Waals surface area contributed by atoms with E-state index in [0.717, 1.165) is 48.8 Å². The van der Waals surface area contributed by atoms with E-state index in [1.807, 2.05) is 12.2 Å². The normalized spacial score (nSPS) is 21.0. The highest BCUT2D eigenvalue weighted by molar-refractivity contribution is 7.78. The smallest absolute Gasteiger partial charge is 0.305 e. The Kier molecular flexibility index (Phi) is 16.8. The van der Waals surface area contributed by atoms with Crippen molar-refractivity contribution in [1.29, 1.82) is 0 Å². The number of hydrogen-bond donors (Lipinski definition) is 0. The van der Waals surface area contributed by atoms with Gasteiger partial charge in [0.25, 0.3) is 0 Å². The molecule has 1 atom stereocenters. The predicted octanol–water partition coefficient (Wildman–Crippen LogP) is 9.85. The van der Waals surface area contributed by atoms with Crippen molar-refractivity contribution in [3.63, 3.8) is 0 Å². The van der Waals surface area contributed by atoms with Crippen LogP contribution in [-0.2, 0) is 14.3 Å². The highest BCUT2D eigenvalue weighted by Crippen LogP contribution is 2.77. The molecule has 0 aliphatic heterocycles. The second-order valence-corrected chi connectivity index (χ2v) is 18.0. The van der Waals surface area contributed by atoms with Crippen LogP contribution in [0.3, 0.4) is 0 Å². The minimum Gasteiger partial charge on any atom is -0.606 e. The average Bonchev–Trinajstić information content (AvgIpc) is 3.03. The lowest BCUT2D eigenvalue weighted by atomic mass is 9.99. The third-order valence-corrected chi connectivity index (χ3v) is 17.2. The quantitative estimate of drug-likeness (QED) is 0.0494. The lowest BCUT2D eigenvalue weighted by molar-refractivity contribution is -0.361. The van der Waals surface area contributed by atoms with Crippen molar-refractivity contribution in [3.8, 4) is 0 Å². The van der Waals surface area contributed by atoms with Gasteiger partial charge in [-0.15, -0.1) is 6.58 Å². The maximum absolute atomic E-state index is 13.3. The molecule has 3 aliphatic carbocycles. The van der Waals surface area contributed by atoms with Gasteiger partial charge in [0.15, 0.2) is 0 Å². The number of rotatable bonds is 19. The topological polar surface area (TPSA) is 58.6 Å². The number of ether oxygens (including phenoxy) is 2. The summed E-state index contributed by atoms with van der Waals surface area (Å²) >= 11 is 0. The number of hydrogen-bond acceptors (Lipinski definition) is 4. The van der Waals surface area contributed by atoms with Gasteiger partial charge in [0.1, 0.15) is 0 Å². The van der Waals surface area contributed by atoms with Crippen LogP contribution in [0.25, 0.3) is 0 Å². The Hall–Kier alpha value is -1.02. The fourth-order valence-corrected chi connectivity index (χ4v) is 15.6. The monoisotopic (exact) mass is 590 g/mol. The van der Waals surface area contributed by atoms with Crippen LogP contribution in [-0.4, -0.2) is 42.3 Å². The fraction of sp³-hybridized carbons (Fsp3) is 0.861. The van der Waals surface area contributed by atoms with E-state index in [1.54, 1.807) is 0 Å². The first-order chi connectivity index (χ1) is 20.1. The van der Waals surface area contributed by atoms with E-state index in [2.05, 4.69) is 6.58 Å². The molecule has 4 nitrogen and oxygen atoms in total. The van der Waals surface area contributed by atoms with E-state index in [0.29, 0.717) is 6.42 Å². The molecule has 0 amide bonds. The van der Waals surface area contributed by atoms with E-state index < -0.39 is 7.26 Å². The third kappa shape index (κ3) is 11.5. The van der Waals surface area contributed by atoms with E-state index in [1.165, 1.54) is 136 Å². The molecule has 0 aromatic heterocycles. The first kappa shape index (κ1) is 34.5. The predicted molar refractivity (Wildman–Crippen MR) is 174 cm³/mol. The molecule has 0 saturated heterocycles. The summed E-state index contributed by atoms with van der Waals surface area (Å²) in [6.45, 7) is 4.00. The fourth-order valence-electron chi connectivity index (χ4n) is 8.46. The number of carbonyl (C=O) groups is 1. The van der Waals surface area contributed by atoms with Crippen molar-refractivity contribution >= 4 is 13.2 Å². The van der Waals surface area contributed by atoms with Crippen molar-refractivity contribution < 1.29 is 19.4 Å². The molecule has 0 spiro atoms. The molecule has 41 heavy (non-hydrogen) atoms. The van der Waals surface area contributed by atoms with Gasteiger partial charge in [0.05, 0.1) is 36.2 Å². The Morgan fingerprint density at radius 1 is 0.756 bits per heavy atom. The molecule has 0 radical (unpaired) electrons. The summed E-state index contributed by atoms with van der Waals surface area (Å²) in [6, 6.07) is 0. The van der Waals surface area contributed by atoms with Gasteiger partial charge in [-0.05, 0) is 96.0 Å². The average molecular weight is 591 g/mol. The van der Waals surface area contributed by atoms with Gasteiger partial charge in [-0.1, -0.05) is 70.3 Å². The van der Waals surface area contributed by atoms with Crippen LogP contribution in [0.15, 0.2) is 24.7 Å². The minimum atomic E-state index is -1.28. The maximum atomic E-state index is 13.3. The van der Waals surface area contributed by atoms with Crippen LogP contribution in [0, 0.1) is 0 Å². The van der Waals surface area contributed by atoms with Crippen LogP contribution in [0.5, 0.6) is 0 Å². The zero-order valence-corrected chi connectivity index (χ0v) is 27.5. The van der Waals surface area contributed by atoms with Gasteiger partial charge in [0, 0.05) is 19.8 Å². The zero-order valence-electron chi connectivity index (χ0n) is 26.6. The second-order valence-electron chi connectivity index (χ2n) is 13.4. The third-order valence-electron chi connectivity index (χ3n) is 10.7. The number of methoxy groups -OCH3 is 1. The molecule has 3 fully saturated rings. The molecular weight excluding hydrogens is 527 g/mol. The number of unbranched alkanes of at least 4 members (excludes halogenated alkanes) is 7. The van der Waals surface area contributed by atoms with Crippen molar-refractivity contribution in [3.05, 3.63) is 24.7 Å². The Bertz CT molecular complexity index is 701. The SMILES string of the molecule is C=CC(CCCCCCCCCCC(=O)OC)O/C([O-])=C/C[P+](C1CCCCC1)(C1CCCCC1)C1CCCCC1. The van der Waals surface area contributed by atoms with E-state index in [4.69, 9.17) is 9.47 Å². The molecule has 3 saturated carbocycles. The number of carbonyl (C=O) groups excluding carboxylic acids is 1. The highest BCUT2D eigenvalue weighted by atomic mass is 31.2. The van der Waals surface area contributed by atoms with Crippen LogP contribution in [0.4, 0.5) is 0 Å². The van der Waals surface area contributed by atoms with Crippen LogP contribution in [0.2, 0.25) is 0 Å². The molecule has 3 aliphatic rings. The molecule has 0 bridgehead atoms. The van der Waals surface area contributed by atoms with E-state index >= 15 is 0 Å². The lowest BCUT2D eigenvalue weighted by Gasteiger charge is -2.48. The molecule has 3 rings (SSSR count). The number of allylic oxidation sites excluding steroid dienone is 1. The summed E-state index contributed by atoms with van der Waals surface area (Å²) in [6.07, 6.45) is 36.6. The van der Waals surface area contributed by atoms with Crippen LogP contribution < -0.4 is 5.11 Å². The molecular formula is C36H63O4P. The van der Waals surface area contributed by atoms with Crippen LogP contribution >= 0.6 is 7.26 Å². The molecule has 5 heteroatoms. The summed E-state index contributed by atoms with van der Waals surface area (Å²) in [5, 5.41) is 13.3. The maximum Gasteiger partial charge on any atom is 0.305 e. The molecule has 0 heterocycles. The highest BCUT2D eigenvalue weighted by Gasteiger charge is 2.56. The molecule has 0 aromatic carbocycles. The Morgan fingerprint density at radius 2 is 1.20 bits per heavy atom. The molecule has 236 valence electrons.